The van der Waals surface area contributed by atoms with Gasteiger partial charge in [0.05, 0.1) is 24.9 Å². The molecular weight excluding hydrogens is 407 g/mol. The zero-order valence-corrected chi connectivity index (χ0v) is 16.3. The molecule has 5 nitrogen and oxygen atoms in total. The summed E-state index contributed by atoms with van der Waals surface area (Å²) in [7, 11) is 3.38. The summed E-state index contributed by atoms with van der Waals surface area (Å²) in [6.07, 6.45) is 1.34. The summed E-state index contributed by atoms with van der Waals surface area (Å²) in [5, 5.41) is 3.43. The van der Waals surface area contributed by atoms with Crippen molar-refractivity contribution >= 4 is 34.8 Å². The molecule has 0 unspecified atom stereocenters. The second-order valence-corrected chi connectivity index (χ2v) is 8.11. The molecule has 2 rings (SSSR count). The number of benzene rings is 1. The molecular formula is C17H23IN2O3. The Morgan fingerprint density at radius 1 is 1.39 bits per heavy atom. The second-order valence-electron chi connectivity index (χ2n) is 6.94. The Kier molecular flexibility index (Phi) is 5.35. The highest BCUT2D eigenvalue weighted by Gasteiger charge is 2.42. The number of hydrogen-bond acceptors (Lipinski definition) is 4. The molecule has 1 amide bonds. The predicted molar refractivity (Wildman–Crippen MR) is 97.7 cm³/mol. The van der Waals surface area contributed by atoms with Crippen LogP contribution in [0.2, 0.25) is 0 Å². The minimum Gasteiger partial charge on any atom is -0.496 e. The Labute approximate surface area is 150 Å². The van der Waals surface area contributed by atoms with E-state index in [-0.39, 0.29) is 23.5 Å². The van der Waals surface area contributed by atoms with Gasteiger partial charge in [-0.2, -0.15) is 0 Å². The van der Waals surface area contributed by atoms with E-state index in [1.165, 1.54) is 0 Å². The molecule has 126 valence electrons. The van der Waals surface area contributed by atoms with E-state index < -0.39 is 0 Å². The number of ether oxygens (including phenoxy) is 1. The predicted octanol–water partition coefficient (Wildman–Crippen LogP) is 2.46. The van der Waals surface area contributed by atoms with E-state index in [9.17, 15) is 9.59 Å². The maximum Gasteiger partial charge on any atom is 0.241 e. The first-order valence-electron chi connectivity index (χ1n) is 7.53. The third kappa shape index (κ3) is 3.68. The van der Waals surface area contributed by atoms with E-state index in [1.54, 1.807) is 12.0 Å². The first kappa shape index (κ1) is 18.2. The lowest BCUT2D eigenvalue weighted by Crippen LogP contribution is -2.45. The van der Waals surface area contributed by atoms with Crippen LogP contribution in [0, 0.1) is 8.99 Å². The number of halogens is 1. The highest BCUT2D eigenvalue weighted by atomic mass is 127. The van der Waals surface area contributed by atoms with E-state index in [2.05, 4.69) is 48.7 Å². The molecule has 6 heteroatoms. The van der Waals surface area contributed by atoms with Crippen LogP contribution in [0.4, 0.5) is 0 Å². The molecule has 1 aliphatic rings. The summed E-state index contributed by atoms with van der Waals surface area (Å²) in [6, 6.07) is 3.38. The van der Waals surface area contributed by atoms with Crippen molar-refractivity contribution in [2.75, 3.05) is 14.2 Å². The molecule has 1 aromatic carbocycles. The van der Waals surface area contributed by atoms with Gasteiger partial charge in [0.1, 0.15) is 5.75 Å². The minimum atomic E-state index is -0.273. The number of aldehydes is 1. The van der Waals surface area contributed by atoms with Gasteiger partial charge in [-0.25, -0.2) is 0 Å². The topological polar surface area (TPSA) is 58.6 Å². The number of rotatable bonds is 4. The molecule has 1 N–H and O–H groups in total. The zero-order valence-electron chi connectivity index (χ0n) is 14.1. The van der Waals surface area contributed by atoms with Crippen molar-refractivity contribution in [1.82, 2.24) is 10.2 Å². The van der Waals surface area contributed by atoms with Crippen molar-refractivity contribution < 1.29 is 14.3 Å². The lowest BCUT2D eigenvalue weighted by atomic mass is 9.92. The Balaban J connectivity index is 2.26. The number of methoxy groups -OCH3 is 1. The minimum absolute atomic E-state index is 0.00134. The number of nitrogens with one attached hydrogen (secondary N) is 1. The lowest BCUT2D eigenvalue weighted by molar-refractivity contribution is -0.129. The summed E-state index contributed by atoms with van der Waals surface area (Å²) in [4.78, 5) is 25.5. The third-order valence-electron chi connectivity index (χ3n) is 4.16. The largest absolute Gasteiger partial charge is 0.496 e. The molecule has 1 fully saturated rings. The highest BCUT2D eigenvalue weighted by molar-refractivity contribution is 14.1. The molecule has 1 saturated heterocycles. The molecule has 0 radical (unpaired) electrons. The Morgan fingerprint density at radius 3 is 2.52 bits per heavy atom. The Morgan fingerprint density at radius 2 is 2.04 bits per heavy atom. The quantitative estimate of drug-likeness (QED) is 0.589. The lowest BCUT2D eigenvalue weighted by Gasteiger charge is -2.32. The van der Waals surface area contributed by atoms with Gasteiger partial charge in [0.25, 0.3) is 0 Å². The van der Waals surface area contributed by atoms with Crippen LogP contribution in [0.5, 0.6) is 5.75 Å². The maximum absolute atomic E-state index is 12.5. The molecule has 1 heterocycles. The summed E-state index contributed by atoms with van der Waals surface area (Å²) in [5.74, 6) is 0.646. The van der Waals surface area contributed by atoms with E-state index in [4.69, 9.17) is 4.74 Å². The Bertz CT molecular complexity index is 625. The van der Waals surface area contributed by atoms with Crippen LogP contribution < -0.4 is 10.1 Å². The van der Waals surface area contributed by atoms with Crippen molar-refractivity contribution in [2.45, 2.75) is 39.4 Å². The fraction of sp³-hybridized carbons (Fsp3) is 0.529. The smallest absolute Gasteiger partial charge is 0.241 e. The van der Waals surface area contributed by atoms with Gasteiger partial charge >= 0.3 is 0 Å². The number of carbonyl (C=O) groups is 2. The zero-order chi connectivity index (χ0) is 17.4. The van der Waals surface area contributed by atoms with Gasteiger partial charge in [-0.3, -0.25) is 14.9 Å². The number of likely N-dealkylation sites (N-methyl/N-ethyl adjacent to an activating group) is 1. The first-order valence-corrected chi connectivity index (χ1v) is 8.61. The van der Waals surface area contributed by atoms with Crippen LogP contribution in [-0.4, -0.2) is 43.5 Å². The highest BCUT2D eigenvalue weighted by Crippen LogP contribution is 2.29. The van der Waals surface area contributed by atoms with Gasteiger partial charge in [-0.1, -0.05) is 20.8 Å². The van der Waals surface area contributed by atoms with Gasteiger partial charge < -0.3 is 9.64 Å². The average Bonchev–Trinajstić information content (AvgIpc) is 2.77. The molecule has 0 aromatic heterocycles. The van der Waals surface area contributed by atoms with Crippen LogP contribution in [0.1, 0.15) is 36.7 Å². The van der Waals surface area contributed by atoms with Crippen LogP contribution >= 0.6 is 22.6 Å². The molecule has 0 saturated carbocycles. The fourth-order valence-corrected chi connectivity index (χ4v) is 3.65. The summed E-state index contributed by atoms with van der Waals surface area (Å²) < 4.78 is 6.20. The Hall–Kier alpha value is -1.15. The van der Waals surface area contributed by atoms with E-state index in [0.717, 1.165) is 15.4 Å². The molecule has 0 spiro atoms. The van der Waals surface area contributed by atoms with Gasteiger partial charge in [0.2, 0.25) is 5.91 Å². The molecule has 0 aliphatic carbocycles. The normalized spacial score (nSPS) is 21.7. The first-order chi connectivity index (χ1) is 10.7. The van der Waals surface area contributed by atoms with E-state index >= 15 is 0 Å². The second kappa shape index (κ2) is 6.76. The van der Waals surface area contributed by atoms with E-state index in [0.29, 0.717) is 17.7 Å². The van der Waals surface area contributed by atoms with Crippen LogP contribution in [0.25, 0.3) is 0 Å². The monoisotopic (exact) mass is 430 g/mol. The molecule has 1 aliphatic heterocycles. The molecule has 2 atom stereocenters. The van der Waals surface area contributed by atoms with Gasteiger partial charge in [0, 0.05) is 10.6 Å². The van der Waals surface area contributed by atoms with Crippen LogP contribution in [-0.2, 0) is 11.2 Å². The van der Waals surface area contributed by atoms with Crippen molar-refractivity contribution in [3.05, 3.63) is 26.8 Å². The maximum atomic E-state index is 12.5. The van der Waals surface area contributed by atoms with Crippen LogP contribution in [0.3, 0.4) is 0 Å². The SMILES string of the molecule is COc1cc(I)c(C[C@H]2N[C@H](C(C)(C)C)N(C)C2=O)cc1C=O. The van der Waals surface area contributed by atoms with Crippen molar-refractivity contribution in [3.63, 3.8) is 0 Å². The van der Waals surface area contributed by atoms with Crippen molar-refractivity contribution in [3.8, 4) is 5.75 Å². The molecule has 23 heavy (non-hydrogen) atoms. The number of nitrogens with zero attached hydrogens (tertiary/aromatic N) is 1. The average molecular weight is 430 g/mol. The van der Waals surface area contributed by atoms with Crippen LogP contribution in [0.15, 0.2) is 12.1 Å². The van der Waals surface area contributed by atoms with Gasteiger partial charge in [-0.05, 0) is 52.1 Å². The number of carbonyl (C=O) groups excluding carboxylic acids is 2. The summed E-state index contributed by atoms with van der Waals surface area (Å²) in [5.41, 5.74) is 1.44. The molecule has 0 bridgehead atoms. The summed E-state index contributed by atoms with van der Waals surface area (Å²) >= 11 is 2.21. The standard InChI is InChI=1S/C17H23IN2O3/c1-17(2,3)16-19-13(15(22)20(16)4)7-10-6-11(9-21)14(23-5)8-12(10)18/h6,8-9,13,16,19H,7H2,1-5H3/t13-,16+/m1/s1. The molecule has 1 aromatic rings. The van der Waals surface area contributed by atoms with Gasteiger partial charge in [-0.15, -0.1) is 0 Å². The van der Waals surface area contributed by atoms with Gasteiger partial charge in [0.15, 0.2) is 6.29 Å². The number of hydrogen-bond donors (Lipinski definition) is 1. The number of amides is 1. The third-order valence-corrected chi connectivity index (χ3v) is 5.17. The van der Waals surface area contributed by atoms with Crippen molar-refractivity contribution in [1.29, 1.82) is 0 Å². The van der Waals surface area contributed by atoms with Crippen molar-refractivity contribution in [2.24, 2.45) is 5.41 Å². The fourth-order valence-electron chi connectivity index (χ4n) is 2.99. The van der Waals surface area contributed by atoms with E-state index in [1.807, 2.05) is 19.2 Å². The summed E-state index contributed by atoms with van der Waals surface area (Å²) in [6.45, 7) is 6.33.